The number of carbonyl (C=O) groups excluding carboxylic acids is 2. The van der Waals surface area contributed by atoms with E-state index in [0.29, 0.717) is 19.0 Å². The lowest BCUT2D eigenvalue weighted by molar-refractivity contribution is -0.130. The molecule has 136 valence electrons. The van der Waals surface area contributed by atoms with Crippen LogP contribution in [0.25, 0.3) is 0 Å². The van der Waals surface area contributed by atoms with Crippen molar-refractivity contribution in [2.75, 3.05) is 32.7 Å². The summed E-state index contributed by atoms with van der Waals surface area (Å²) in [5, 5.41) is 3.06. The van der Waals surface area contributed by atoms with Crippen molar-refractivity contribution in [3.05, 3.63) is 0 Å². The summed E-state index contributed by atoms with van der Waals surface area (Å²) in [6, 6.07) is 0.392. The summed E-state index contributed by atoms with van der Waals surface area (Å²) in [6.45, 7) is 4.88. The number of nitrogens with one attached hydrogen (secondary N) is 1. The number of hydrogen-bond donors (Lipinski definition) is 1. The van der Waals surface area contributed by atoms with E-state index in [1.54, 1.807) is 0 Å². The Morgan fingerprint density at radius 1 is 1.04 bits per heavy atom. The van der Waals surface area contributed by atoms with Gasteiger partial charge in [0, 0.05) is 25.6 Å². The third-order valence-electron chi connectivity index (χ3n) is 5.94. The molecule has 3 fully saturated rings. The average molecular weight is 335 g/mol. The zero-order valence-corrected chi connectivity index (χ0v) is 15.0. The highest BCUT2D eigenvalue weighted by molar-refractivity contribution is 5.89. The Kier molecular flexibility index (Phi) is 6.52. The fraction of sp³-hybridized carbons (Fsp3) is 0.895. The summed E-state index contributed by atoms with van der Waals surface area (Å²) in [7, 11) is 0. The van der Waals surface area contributed by atoms with Crippen molar-refractivity contribution in [1.82, 2.24) is 15.1 Å². The van der Waals surface area contributed by atoms with Gasteiger partial charge in [-0.25, -0.2) is 0 Å². The summed E-state index contributed by atoms with van der Waals surface area (Å²) in [6.07, 6.45) is 11.4. The van der Waals surface area contributed by atoms with Gasteiger partial charge in [-0.15, -0.1) is 0 Å². The predicted molar refractivity (Wildman–Crippen MR) is 94.6 cm³/mol. The van der Waals surface area contributed by atoms with E-state index in [9.17, 15) is 9.59 Å². The molecule has 3 rings (SSSR count). The molecule has 0 aromatic heterocycles. The van der Waals surface area contributed by atoms with Crippen molar-refractivity contribution < 1.29 is 9.59 Å². The van der Waals surface area contributed by atoms with Crippen LogP contribution < -0.4 is 5.32 Å². The first-order valence-electron chi connectivity index (χ1n) is 10.0. The Bertz CT molecular complexity index is 428. The van der Waals surface area contributed by atoms with Crippen LogP contribution in [0.1, 0.15) is 64.2 Å². The lowest BCUT2D eigenvalue weighted by Gasteiger charge is -2.31. The van der Waals surface area contributed by atoms with Crippen LogP contribution in [0.2, 0.25) is 0 Å². The van der Waals surface area contributed by atoms with E-state index in [1.807, 2.05) is 4.90 Å². The van der Waals surface area contributed by atoms with E-state index in [1.165, 1.54) is 51.6 Å². The maximum Gasteiger partial charge on any atom is 0.225 e. The van der Waals surface area contributed by atoms with Gasteiger partial charge in [-0.3, -0.25) is 9.59 Å². The number of hydrogen-bond acceptors (Lipinski definition) is 3. The zero-order chi connectivity index (χ0) is 16.8. The highest BCUT2D eigenvalue weighted by Gasteiger charge is 2.37. The molecule has 0 bridgehead atoms. The fourth-order valence-electron chi connectivity index (χ4n) is 4.49. The molecule has 5 nitrogen and oxygen atoms in total. The first kappa shape index (κ1) is 17.7. The van der Waals surface area contributed by atoms with Crippen LogP contribution in [0.3, 0.4) is 0 Å². The van der Waals surface area contributed by atoms with Gasteiger partial charge in [0.05, 0.1) is 5.92 Å². The van der Waals surface area contributed by atoms with Crippen molar-refractivity contribution in [3.8, 4) is 0 Å². The molecule has 1 N–H and O–H groups in total. The maximum atomic E-state index is 12.4. The lowest BCUT2D eigenvalue weighted by Crippen LogP contribution is -2.39. The first-order valence-corrected chi connectivity index (χ1v) is 10.0. The van der Waals surface area contributed by atoms with Gasteiger partial charge in [-0.2, -0.15) is 0 Å². The minimum absolute atomic E-state index is 0.0836. The minimum atomic E-state index is -0.130. The Hall–Kier alpha value is -1.10. The SMILES string of the molecule is O=C(NCCCN1CCCCC1)C1CC(=O)N(C2CCCCC2)C1. The molecule has 1 aliphatic carbocycles. The molecule has 0 radical (unpaired) electrons. The van der Waals surface area contributed by atoms with Crippen molar-refractivity contribution in [2.45, 2.75) is 70.3 Å². The lowest BCUT2D eigenvalue weighted by atomic mass is 9.94. The molecule has 5 heteroatoms. The summed E-state index contributed by atoms with van der Waals surface area (Å²) in [5.41, 5.74) is 0. The molecular weight excluding hydrogens is 302 g/mol. The van der Waals surface area contributed by atoms with Crippen molar-refractivity contribution in [3.63, 3.8) is 0 Å². The Balaban J connectivity index is 1.35. The summed E-state index contributed by atoms with van der Waals surface area (Å²) in [4.78, 5) is 29.1. The average Bonchev–Trinajstić information content (AvgIpc) is 3.02. The molecule has 1 unspecified atom stereocenters. The number of rotatable bonds is 6. The van der Waals surface area contributed by atoms with E-state index in [4.69, 9.17) is 0 Å². The second kappa shape index (κ2) is 8.84. The number of nitrogens with zero attached hydrogens (tertiary/aromatic N) is 2. The predicted octanol–water partition coefficient (Wildman–Crippen LogP) is 2.16. The van der Waals surface area contributed by atoms with Crippen LogP contribution in [0, 0.1) is 5.92 Å². The molecule has 0 aromatic rings. The molecule has 3 aliphatic rings. The number of piperidine rings is 1. The number of amides is 2. The van der Waals surface area contributed by atoms with Gasteiger partial charge in [0.15, 0.2) is 0 Å². The first-order chi connectivity index (χ1) is 11.7. The highest BCUT2D eigenvalue weighted by Crippen LogP contribution is 2.28. The smallest absolute Gasteiger partial charge is 0.225 e. The molecular formula is C19H33N3O2. The normalized spacial score (nSPS) is 26.8. The molecule has 2 saturated heterocycles. The highest BCUT2D eigenvalue weighted by atomic mass is 16.2. The van der Waals surface area contributed by atoms with Crippen LogP contribution in [0.15, 0.2) is 0 Å². The minimum Gasteiger partial charge on any atom is -0.356 e. The van der Waals surface area contributed by atoms with Crippen LogP contribution >= 0.6 is 0 Å². The maximum absolute atomic E-state index is 12.4. The summed E-state index contributed by atoms with van der Waals surface area (Å²) < 4.78 is 0. The van der Waals surface area contributed by atoms with Gasteiger partial charge in [-0.1, -0.05) is 25.7 Å². The largest absolute Gasteiger partial charge is 0.356 e. The molecule has 0 aromatic carbocycles. The van der Waals surface area contributed by atoms with E-state index in [0.717, 1.165) is 32.4 Å². The van der Waals surface area contributed by atoms with Gasteiger partial charge in [0.1, 0.15) is 0 Å². The Morgan fingerprint density at radius 3 is 2.50 bits per heavy atom. The van der Waals surface area contributed by atoms with Crippen molar-refractivity contribution >= 4 is 11.8 Å². The zero-order valence-electron chi connectivity index (χ0n) is 15.0. The molecule has 2 aliphatic heterocycles. The number of carbonyl (C=O) groups is 2. The van der Waals surface area contributed by atoms with Crippen LogP contribution in [-0.4, -0.2) is 60.4 Å². The van der Waals surface area contributed by atoms with Gasteiger partial charge >= 0.3 is 0 Å². The van der Waals surface area contributed by atoms with Crippen LogP contribution in [0.4, 0.5) is 0 Å². The third-order valence-corrected chi connectivity index (χ3v) is 5.94. The second-order valence-electron chi connectivity index (χ2n) is 7.79. The standard InChI is InChI=1S/C19H33N3O2/c23-18-14-16(15-22(18)17-8-3-1-4-9-17)19(24)20-10-7-13-21-11-5-2-6-12-21/h16-17H,1-15H2,(H,20,24). The van der Waals surface area contributed by atoms with E-state index in [2.05, 4.69) is 10.2 Å². The summed E-state index contributed by atoms with van der Waals surface area (Å²) in [5.74, 6) is 0.144. The van der Waals surface area contributed by atoms with Gasteiger partial charge < -0.3 is 15.1 Å². The molecule has 1 saturated carbocycles. The fourth-order valence-corrected chi connectivity index (χ4v) is 4.49. The molecule has 2 heterocycles. The van der Waals surface area contributed by atoms with Crippen LogP contribution in [-0.2, 0) is 9.59 Å². The quantitative estimate of drug-likeness (QED) is 0.757. The van der Waals surface area contributed by atoms with Crippen molar-refractivity contribution in [2.24, 2.45) is 5.92 Å². The van der Waals surface area contributed by atoms with Gasteiger partial charge in [-0.05, 0) is 51.7 Å². The third kappa shape index (κ3) is 4.71. The second-order valence-corrected chi connectivity index (χ2v) is 7.79. The van der Waals surface area contributed by atoms with Gasteiger partial charge in [0.25, 0.3) is 0 Å². The molecule has 2 amide bonds. The van der Waals surface area contributed by atoms with E-state index in [-0.39, 0.29) is 17.7 Å². The van der Waals surface area contributed by atoms with E-state index < -0.39 is 0 Å². The molecule has 1 atom stereocenters. The summed E-state index contributed by atoms with van der Waals surface area (Å²) >= 11 is 0. The monoisotopic (exact) mass is 335 g/mol. The van der Waals surface area contributed by atoms with Crippen LogP contribution in [0.5, 0.6) is 0 Å². The topological polar surface area (TPSA) is 52.7 Å². The van der Waals surface area contributed by atoms with Crippen molar-refractivity contribution in [1.29, 1.82) is 0 Å². The van der Waals surface area contributed by atoms with Gasteiger partial charge in [0.2, 0.25) is 11.8 Å². The molecule has 0 spiro atoms. The molecule has 24 heavy (non-hydrogen) atoms. The van der Waals surface area contributed by atoms with E-state index >= 15 is 0 Å². The number of likely N-dealkylation sites (tertiary alicyclic amines) is 2. The Morgan fingerprint density at radius 2 is 1.75 bits per heavy atom. The Labute approximate surface area is 146 Å².